The number of carbonyl (C=O) groups excluding carboxylic acids is 1. The zero-order valence-electron chi connectivity index (χ0n) is 14.1. The van der Waals surface area contributed by atoms with E-state index in [0.29, 0.717) is 13.2 Å². The predicted molar refractivity (Wildman–Crippen MR) is 90.9 cm³/mol. The summed E-state index contributed by atoms with van der Waals surface area (Å²) in [5.74, 6) is 0.0293. The van der Waals surface area contributed by atoms with Gasteiger partial charge in [0.2, 0.25) is 0 Å². The lowest BCUT2D eigenvalue weighted by molar-refractivity contribution is -0.127. The van der Waals surface area contributed by atoms with Crippen molar-refractivity contribution in [2.75, 3.05) is 13.2 Å². The number of ether oxygens (including phenoxy) is 2. The third-order valence-electron chi connectivity index (χ3n) is 3.37. The Morgan fingerprint density at radius 3 is 2.50 bits per heavy atom. The average Bonchev–Trinajstić information content (AvgIpc) is 2.52. The Morgan fingerprint density at radius 2 is 1.83 bits per heavy atom. The molecule has 0 aromatic heterocycles. The molecule has 1 N–H and O–H groups in total. The lowest BCUT2D eigenvalue weighted by atomic mass is 10.1. The van der Waals surface area contributed by atoms with Crippen molar-refractivity contribution < 1.29 is 18.7 Å². The number of hydrogen-bond acceptors (Lipinski definition) is 3. The smallest absolute Gasteiger partial charge is 0.260 e. The Balaban J connectivity index is 1.75. The van der Waals surface area contributed by atoms with Crippen LogP contribution in [0.5, 0.6) is 11.5 Å². The molecule has 1 atom stereocenters. The lowest BCUT2D eigenvalue weighted by Gasteiger charge is -2.15. The van der Waals surface area contributed by atoms with Crippen LogP contribution in [0.4, 0.5) is 4.39 Å². The van der Waals surface area contributed by atoms with Crippen molar-refractivity contribution >= 4 is 5.91 Å². The summed E-state index contributed by atoms with van der Waals surface area (Å²) in [7, 11) is 0. The van der Waals surface area contributed by atoms with Gasteiger partial charge in [-0.05, 0) is 56.2 Å². The van der Waals surface area contributed by atoms with Crippen LogP contribution >= 0.6 is 0 Å². The molecular formula is C19H22FNO3. The zero-order chi connectivity index (χ0) is 17.5. The number of aryl methyl sites for hydroxylation is 2. The van der Waals surface area contributed by atoms with E-state index in [2.05, 4.69) is 11.4 Å². The topological polar surface area (TPSA) is 47.6 Å². The van der Waals surface area contributed by atoms with E-state index in [1.54, 1.807) is 19.1 Å². The number of carbonyl (C=O) groups is 1. The fraction of sp³-hybridized carbons (Fsp3) is 0.316. The summed E-state index contributed by atoms with van der Waals surface area (Å²) in [4.78, 5) is 12.0. The van der Waals surface area contributed by atoms with Crippen molar-refractivity contribution in [3.8, 4) is 11.5 Å². The molecule has 0 aliphatic heterocycles. The van der Waals surface area contributed by atoms with E-state index in [1.165, 1.54) is 12.1 Å². The van der Waals surface area contributed by atoms with Crippen molar-refractivity contribution in [1.29, 1.82) is 0 Å². The van der Waals surface area contributed by atoms with Gasteiger partial charge in [-0.25, -0.2) is 4.39 Å². The Kier molecular flexibility index (Phi) is 6.18. The third kappa shape index (κ3) is 5.26. The second-order valence-electron chi connectivity index (χ2n) is 5.65. The Morgan fingerprint density at radius 1 is 1.17 bits per heavy atom. The Bertz CT molecular complexity index is 683. The number of amides is 1. The molecule has 24 heavy (non-hydrogen) atoms. The molecule has 0 fully saturated rings. The summed E-state index contributed by atoms with van der Waals surface area (Å²) in [5.41, 5.74) is 2.25. The molecule has 0 aliphatic rings. The summed E-state index contributed by atoms with van der Waals surface area (Å²) in [5, 5.41) is 2.71. The second kappa shape index (κ2) is 8.34. The molecule has 2 aromatic rings. The Hall–Kier alpha value is -2.56. The number of hydrogen-bond donors (Lipinski definition) is 1. The minimum atomic E-state index is -0.789. The summed E-state index contributed by atoms with van der Waals surface area (Å²) in [6, 6.07) is 12.0. The summed E-state index contributed by atoms with van der Waals surface area (Å²) in [6.07, 6.45) is -0.789. The maximum atomic E-state index is 13.5. The van der Waals surface area contributed by atoms with Gasteiger partial charge in [-0.1, -0.05) is 18.2 Å². The van der Waals surface area contributed by atoms with Gasteiger partial charge in [0.25, 0.3) is 5.91 Å². The first-order valence-electron chi connectivity index (χ1n) is 7.85. The second-order valence-corrected chi connectivity index (χ2v) is 5.65. The van der Waals surface area contributed by atoms with Crippen LogP contribution < -0.4 is 14.8 Å². The molecule has 1 unspecified atom stereocenters. The van der Waals surface area contributed by atoms with E-state index in [-0.39, 0.29) is 11.7 Å². The van der Waals surface area contributed by atoms with Crippen LogP contribution in [0.15, 0.2) is 42.5 Å². The highest BCUT2D eigenvalue weighted by molar-refractivity contribution is 5.80. The van der Waals surface area contributed by atoms with E-state index in [4.69, 9.17) is 9.47 Å². The summed E-state index contributed by atoms with van der Waals surface area (Å²) >= 11 is 0. The van der Waals surface area contributed by atoms with Crippen molar-refractivity contribution in [2.24, 2.45) is 0 Å². The number of benzene rings is 2. The van der Waals surface area contributed by atoms with Gasteiger partial charge in [0.15, 0.2) is 17.7 Å². The minimum Gasteiger partial charge on any atom is -0.492 e. The molecule has 128 valence electrons. The highest BCUT2D eigenvalue weighted by Gasteiger charge is 2.15. The molecule has 0 heterocycles. The van der Waals surface area contributed by atoms with Crippen LogP contribution in [0.3, 0.4) is 0 Å². The molecule has 0 spiro atoms. The number of halogens is 1. The molecular weight excluding hydrogens is 309 g/mol. The fourth-order valence-corrected chi connectivity index (χ4v) is 2.29. The predicted octanol–water partition coefficient (Wildman–Crippen LogP) is 3.41. The van der Waals surface area contributed by atoms with Crippen LogP contribution in [0.25, 0.3) is 0 Å². The van der Waals surface area contributed by atoms with E-state index < -0.39 is 11.9 Å². The molecule has 1 amide bonds. The van der Waals surface area contributed by atoms with Crippen molar-refractivity contribution in [3.63, 3.8) is 0 Å². The standard InChI is InChI=1S/C19H22FNO3/c1-13-10-14(2)12-16(11-13)23-9-8-21-19(22)15(3)24-18-7-5-4-6-17(18)20/h4-7,10-12,15H,8-9H2,1-3H3,(H,21,22). The summed E-state index contributed by atoms with van der Waals surface area (Å²) < 4.78 is 24.4. The third-order valence-corrected chi connectivity index (χ3v) is 3.37. The monoisotopic (exact) mass is 331 g/mol. The molecule has 0 saturated carbocycles. The maximum absolute atomic E-state index is 13.5. The first-order chi connectivity index (χ1) is 11.5. The molecule has 0 saturated heterocycles. The van der Waals surface area contributed by atoms with Gasteiger partial charge in [0, 0.05) is 0 Å². The molecule has 5 heteroatoms. The highest BCUT2D eigenvalue weighted by Crippen LogP contribution is 2.17. The Labute approximate surface area is 141 Å². The highest BCUT2D eigenvalue weighted by atomic mass is 19.1. The zero-order valence-corrected chi connectivity index (χ0v) is 14.1. The van der Waals surface area contributed by atoms with Crippen LogP contribution in [0, 0.1) is 19.7 Å². The molecule has 0 aliphatic carbocycles. The quantitative estimate of drug-likeness (QED) is 0.791. The molecule has 4 nitrogen and oxygen atoms in total. The summed E-state index contributed by atoms with van der Waals surface area (Å²) in [6.45, 7) is 6.27. The van der Waals surface area contributed by atoms with Crippen LogP contribution in [-0.2, 0) is 4.79 Å². The van der Waals surface area contributed by atoms with E-state index in [9.17, 15) is 9.18 Å². The largest absolute Gasteiger partial charge is 0.492 e. The maximum Gasteiger partial charge on any atom is 0.260 e. The van der Waals surface area contributed by atoms with Crippen molar-refractivity contribution in [2.45, 2.75) is 26.9 Å². The van der Waals surface area contributed by atoms with Gasteiger partial charge in [-0.3, -0.25) is 4.79 Å². The fourth-order valence-electron chi connectivity index (χ4n) is 2.29. The molecule has 2 rings (SSSR count). The first-order valence-corrected chi connectivity index (χ1v) is 7.85. The molecule has 2 aromatic carbocycles. The van der Waals surface area contributed by atoms with Crippen molar-refractivity contribution in [3.05, 3.63) is 59.4 Å². The number of nitrogens with one attached hydrogen (secondary N) is 1. The molecule has 0 radical (unpaired) electrons. The SMILES string of the molecule is Cc1cc(C)cc(OCCNC(=O)C(C)Oc2ccccc2F)c1. The molecule has 0 bridgehead atoms. The number of rotatable bonds is 7. The number of para-hydroxylation sites is 1. The van der Waals surface area contributed by atoms with E-state index in [1.807, 2.05) is 26.0 Å². The van der Waals surface area contributed by atoms with Gasteiger partial charge in [-0.2, -0.15) is 0 Å². The van der Waals surface area contributed by atoms with Crippen molar-refractivity contribution in [1.82, 2.24) is 5.32 Å². The van der Waals surface area contributed by atoms with Gasteiger partial charge in [0.1, 0.15) is 12.4 Å². The van der Waals surface area contributed by atoms with Gasteiger partial charge in [0.05, 0.1) is 6.54 Å². The van der Waals surface area contributed by atoms with Crippen LogP contribution in [0.2, 0.25) is 0 Å². The first kappa shape index (κ1) is 17.8. The van der Waals surface area contributed by atoms with Crippen LogP contribution in [0.1, 0.15) is 18.1 Å². The minimum absolute atomic E-state index is 0.0617. The lowest BCUT2D eigenvalue weighted by Crippen LogP contribution is -2.38. The average molecular weight is 331 g/mol. The van der Waals surface area contributed by atoms with Gasteiger partial charge in [-0.15, -0.1) is 0 Å². The normalized spacial score (nSPS) is 11.7. The van der Waals surface area contributed by atoms with E-state index in [0.717, 1.165) is 16.9 Å². The van der Waals surface area contributed by atoms with Crippen LogP contribution in [-0.4, -0.2) is 25.2 Å². The van der Waals surface area contributed by atoms with Gasteiger partial charge >= 0.3 is 0 Å². The van der Waals surface area contributed by atoms with E-state index >= 15 is 0 Å². The van der Waals surface area contributed by atoms with Gasteiger partial charge < -0.3 is 14.8 Å².